The Morgan fingerprint density at radius 1 is 1.12 bits per heavy atom. The minimum absolute atomic E-state index is 0.0556. The molecule has 1 fully saturated rings. The monoisotopic (exact) mass is 123 g/mol. The quantitative estimate of drug-likeness (QED) is 0.453. The topological polar surface area (TPSA) is 12.0 Å². The summed E-state index contributed by atoms with van der Waals surface area (Å²) in [6.07, 6.45) is 0. The van der Waals surface area contributed by atoms with Gasteiger partial charge in [-0.3, -0.25) is 0 Å². The van der Waals surface area contributed by atoms with Crippen LogP contribution in [0, 0.1) is 0 Å². The van der Waals surface area contributed by atoms with Gasteiger partial charge >= 0.3 is 0 Å². The molecule has 1 aliphatic rings. The molecule has 0 aliphatic carbocycles. The number of rotatable bonds is 0. The van der Waals surface area contributed by atoms with Crippen LogP contribution in [0.25, 0.3) is 0 Å². The molecule has 0 bridgehead atoms. The highest BCUT2D eigenvalue weighted by molar-refractivity contribution is 4.48. The van der Waals surface area contributed by atoms with Gasteiger partial charge in [0.2, 0.25) is 0 Å². The van der Waals surface area contributed by atoms with Gasteiger partial charge in [-0.05, 0) is 0 Å². The second-order valence-corrected chi connectivity index (χ2v) is 1.96. The predicted molar refractivity (Wildman–Crippen MR) is 25.1 cm³/mol. The summed E-state index contributed by atoms with van der Waals surface area (Å²) in [4.78, 5) is -1.81. The van der Waals surface area contributed by atoms with Gasteiger partial charge in [-0.25, -0.2) is 0 Å². The molecule has 0 amide bonds. The molecule has 1 heterocycles. The normalized spacial score (nSPS) is 27.8. The molecule has 1 rings (SSSR count). The molecule has 0 aromatic heterocycles. The van der Waals surface area contributed by atoms with E-state index in [9.17, 15) is 8.96 Å². The van der Waals surface area contributed by atoms with Gasteiger partial charge in [0, 0.05) is 8.96 Å². The number of quaternary nitrogens is 1. The standard InChI is InChI=1S/C4H9F2N2/c5-8(6)3-1-7-2-4-8/h7H,1-4H2/q+1. The van der Waals surface area contributed by atoms with Crippen LogP contribution in [-0.2, 0) is 0 Å². The molecule has 0 atom stereocenters. The number of hydrogen-bond acceptors (Lipinski definition) is 1. The van der Waals surface area contributed by atoms with Crippen molar-refractivity contribution in [1.29, 1.82) is 0 Å². The van der Waals surface area contributed by atoms with E-state index >= 15 is 0 Å². The van der Waals surface area contributed by atoms with Gasteiger partial charge in [-0.2, -0.15) is 0 Å². The van der Waals surface area contributed by atoms with E-state index in [1.807, 2.05) is 0 Å². The van der Waals surface area contributed by atoms with Gasteiger partial charge in [-0.1, -0.05) is 0 Å². The Kier molecular flexibility index (Phi) is 1.44. The minimum Gasteiger partial charge on any atom is -0.306 e. The van der Waals surface area contributed by atoms with Crippen LogP contribution in [0.5, 0.6) is 0 Å². The Bertz CT molecular complexity index is 76.1. The van der Waals surface area contributed by atoms with Crippen molar-refractivity contribution in [3.8, 4) is 0 Å². The summed E-state index contributed by atoms with van der Waals surface area (Å²) < 4.78 is 24.2. The molecule has 2 nitrogen and oxygen atoms in total. The third kappa shape index (κ3) is 1.38. The lowest BCUT2D eigenvalue weighted by atomic mass is 10.4. The van der Waals surface area contributed by atoms with Crippen LogP contribution in [0.3, 0.4) is 0 Å². The van der Waals surface area contributed by atoms with Crippen molar-refractivity contribution in [3.63, 3.8) is 0 Å². The number of piperazine rings is 1. The van der Waals surface area contributed by atoms with E-state index in [-0.39, 0.29) is 13.1 Å². The van der Waals surface area contributed by atoms with E-state index in [0.29, 0.717) is 13.1 Å². The molecule has 1 aliphatic heterocycles. The summed E-state index contributed by atoms with van der Waals surface area (Å²) in [7, 11) is 0. The SMILES string of the molecule is F[N+]1(F)CCNCC1. The molecule has 1 saturated heterocycles. The molecule has 1 N–H and O–H groups in total. The number of nitrogens with zero attached hydrogens (tertiary/aromatic N) is 1. The van der Waals surface area contributed by atoms with Crippen molar-refractivity contribution in [3.05, 3.63) is 0 Å². The number of hydrogen-bond donors (Lipinski definition) is 1. The highest BCUT2D eigenvalue weighted by Crippen LogP contribution is 2.08. The zero-order valence-electron chi connectivity index (χ0n) is 4.53. The van der Waals surface area contributed by atoms with Gasteiger partial charge in [-0.15, -0.1) is 0 Å². The maximum Gasteiger partial charge on any atom is 0.167 e. The smallest absolute Gasteiger partial charge is 0.167 e. The van der Waals surface area contributed by atoms with E-state index in [0.717, 1.165) is 0 Å². The molecule has 0 aromatic carbocycles. The zero-order valence-corrected chi connectivity index (χ0v) is 4.53. The van der Waals surface area contributed by atoms with E-state index in [2.05, 4.69) is 5.32 Å². The molecule has 0 spiro atoms. The Morgan fingerprint density at radius 2 is 1.62 bits per heavy atom. The Balaban J connectivity index is 2.33. The number of halogens is 2. The van der Waals surface area contributed by atoms with Crippen LogP contribution in [-0.4, -0.2) is 31.1 Å². The zero-order chi connectivity index (χ0) is 6.04. The first kappa shape index (κ1) is 5.91. The van der Waals surface area contributed by atoms with Crippen LogP contribution in [0.15, 0.2) is 0 Å². The molecule has 8 heavy (non-hydrogen) atoms. The van der Waals surface area contributed by atoms with Crippen LogP contribution < -0.4 is 5.32 Å². The molecule has 0 unspecified atom stereocenters. The van der Waals surface area contributed by atoms with E-state index in [1.54, 1.807) is 0 Å². The Labute approximate surface area is 46.5 Å². The fourth-order valence-electron chi connectivity index (χ4n) is 0.722. The Hall–Kier alpha value is -0.220. The van der Waals surface area contributed by atoms with Crippen molar-refractivity contribution >= 4 is 0 Å². The lowest BCUT2D eigenvalue weighted by molar-refractivity contribution is -1.17. The average molecular weight is 123 g/mol. The van der Waals surface area contributed by atoms with Crippen LogP contribution in [0.1, 0.15) is 0 Å². The van der Waals surface area contributed by atoms with E-state index in [4.69, 9.17) is 0 Å². The molecule has 0 radical (unpaired) electrons. The van der Waals surface area contributed by atoms with Gasteiger partial charge in [0.25, 0.3) is 0 Å². The first-order chi connectivity index (χ1) is 3.71. The summed E-state index contributed by atoms with van der Waals surface area (Å²) in [5, 5.41) is 2.84. The molecule has 4 heteroatoms. The largest absolute Gasteiger partial charge is 0.306 e. The van der Waals surface area contributed by atoms with Crippen molar-refractivity contribution in [2.75, 3.05) is 26.2 Å². The van der Waals surface area contributed by atoms with Gasteiger partial charge in [0.05, 0.1) is 18.0 Å². The maximum atomic E-state index is 12.1. The first-order valence-corrected chi connectivity index (χ1v) is 2.68. The molecular weight excluding hydrogens is 114 g/mol. The van der Waals surface area contributed by atoms with Gasteiger partial charge in [0.1, 0.15) is 0 Å². The molecule has 0 aromatic rings. The third-order valence-electron chi connectivity index (χ3n) is 1.23. The van der Waals surface area contributed by atoms with Gasteiger partial charge < -0.3 is 5.32 Å². The summed E-state index contributed by atoms with van der Waals surface area (Å²) >= 11 is 0. The number of nitrogens with one attached hydrogen (secondary N) is 1. The fourth-order valence-corrected chi connectivity index (χ4v) is 0.722. The third-order valence-corrected chi connectivity index (χ3v) is 1.23. The summed E-state index contributed by atoms with van der Waals surface area (Å²) in [6.45, 7) is 0.764. The minimum atomic E-state index is -1.81. The summed E-state index contributed by atoms with van der Waals surface area (Å²) in [5.74, 6) is 0. The van der Waals surface area contributed by atoms with Crippen molar-refractivity contribution in [1.82, 2.24) is 5.32 Å². The van der Waals surface area contributed by atoms with Gasteiger partial charge in [0.15, 0.2) is 13.1 Å². The molecular formula is C4H9F2N2+. The van der Waals surface area contributed by atoms with Crippen molar-refractivity contribution in [2.45, 2.75) is 0 Å². The van der Waals surface area contributed by atoms with Crippen LogP contribution >= 0.6 is 0 Å². The van der Waals surface area contributed by atoms with Crippen LogP contribution in [0.4, 0.5) is 8.96 Å². The summed E-state index contributed by atoms with van der Waals surface area (Å²) in [5.41, 5.74) is 0. The van der Waals surface area contributed by atoms with Crippen molar-refractivity contribution in [2.24, 2.45) is 0 Å². The average Bonchev–Trinajstić information content (AvgIpc) is 1.65. The fraction of sp³-hybridized carbons (Fsp3) is 1.00. The second kappa shape index (κ2) is 1.95. The molecule has 48 valence electrons. The van der Waals surface area contributed by atoms with Crippen molar-refractivity contribution < 1.29 is 13.9 Å². The van der Waals surface area contributed by atoms with E-state index < -0.39 is 4.93 Å². The van der Waals surface area contributed by atoms with E-state index in [1.165, 1.54) is 0 Å². The lowest BCUT2D eigenvalue weighted by Gasteiger charge is -2.18. The molecule has 0 saturated carbocycles. The Morgan fingerprint density at radius 3 is 1.88 bits per heavy atom. The lowest BCUT2D eigenvalue weighted by Crippen LogP contribution is -2.47. The summed E-state index contributed by atoms with van der Waals surface area (Å²) in [6, 6.07) is 0. The van der Waals surface area contributed by atoms with Crippen LogP contribution in [0.2, 0.25) is 0 Å². The highest BCUT2D eigenvalue weighted by Gasteiger charge is 2.31. The predicted octanol–water partition coefficient (Wildman–Crippen LogP) is 0.175. The second-order valence-electron chi connectivity index (χ2n) is 1.96. The maximum absolute atomic E-state index is 12.1. The first-order valence-electron chi connectivity index (χ1n) is 2.68. The highest BCUT2D eigenvalue weighted by atomic mass is 19.4.